The van der Waals surface area contributed by atoms with Crippen LogP contribution in [0.4, 0.5) is 0 Å². The summed E-state index contributed by atoms with van der Waals surface area (Å²) < 4.78 is 1.74. The van der Waals surface area contributed by atoms with Crippen LogP contribution in [0.2, 0.25) is 5.02 Å². The van der Waals surface area contributed by atoms with Crippen LogP contribution in [0.15, 0.2) is 18.2 Å². The molecule has 1 atom stereocenters. The second-order valence-electron chi connectivity index (χ2n) is 8.49. The van der Waals surface area contributed by atoms with Gasteiger partial charge in [0.25, 0.3) is 5.91 Å². The Hall–Kier alpha value is -2.63. The van der Waals surface area contributed by atoms with E-state index < -0.39 is 17.4 Å². The number of aryl methyl sites for hydroxylation is 1. The lowest BCUT2D eigenvalue weighted by molar-refractivity contribution is -0.125. The summed E-state index contributed by atoms with van der Waals surface area (Å²) >= 11 is 6.16. The average Bonchev–Trinajstić information content (AvgIpc) is 3.06. The summed E-state index contributed by atoms with van der Waals surface area (Å²) in [5.41, 5.74) is 0.438. The molecular weight excluding hydrogens is 418 g/mol. The van der Waals surface area contributed by atoms with Gasteiger partial charge in [0, 0.05) is 36.5 Å². The monoisotopic (exact) mass is 447 g/mol. The van der Waals surface area contributed by atoms with E-state index in [1.54, 1.807) is 16.8 Å². The molecule has 2 rings (SSSR count). The molecule has 0 saturated heterocycles. The van der Waals surface area contributed by atoms with Crippen LogP contribution in [0.3, 0.4) is 0 Å². The fourth-order valence-corrected chi connectivity index (χ4v) is 3.39. The number of aliphatic hydroxyl groups excluding tert-OH is 1. The van der Waals surface area contributed by atoms with Crippen LogP contribution in [0, 0.1) is 16.7 Å². The van der Waals surface area contributed by atoms with Crippen molar-refractivity contribution in [2.24, 2.45) is 5.41 Å². The Morgan fingerprint density at radius 3 is 2.68 bits per heavy atom. The molecule has 1 aromatic heterocycles. The molecule has 8 nitrogen and oxygen atoms in total. The van der Waals surface area contributed by atoms with E-state index in [4.69, 9.17) is 22.0 Å². The van der Waals surface area contributed by atoms with E-state index in [1.807, 2.05) is 26.8 Å². The Bertz CT molecular complexity index is 958. The van der Waals surface area contributed by atoms with Crippen molar-refractivity contribution in [1.29, 1.82) is 5.26 Å². The van der Waals surface area contributed by atoms with Gasteiger partial charge >= 0.3 is 0 Å². The number of unbranched alkanes of at least 4 members (excludes halogenated alkanes) is 2. The molecule has 9 heteroatoms. The third kappa shape index (κ3) is 6.68. The summed E-state index contributed by atoms with van der Waals surface area (Å²) in [6, 6.07) is 6.59. The zero-order valence-corrected chi connectivity index (χ0v) is 19.0. The topological polar surface area (TPSA) is 120 Å². The number of aromatic nitrogens is 2. The minimum absolute atomic E-state index is 0.0224. The van der Waals surface area contributed by atoms with Crippen molar-refractivity contribution < 1.29 is 14.7 Å². The van der Waals surface area contributed by atoms with E-state index in [1.165, 1.54) is 0 Å². The normalized spacial score (nSPS) is 12.4. The largest absolute Gasteiger partial charge is 0.396 e. The third-order valence-electron chi connectivity index (χ3n) is 4.87. The summed E-state index contributed by atoms with van der Waals surface area (Å²) in [6.07, 6.45) is 2.41. The van der Waals surface area contributed by atoms with E-state index in [9.17, 15) is 9.59 Å². The Kier molecular flexibility index (Phi) is 8.84. The maximum atomic E-state index is 13.2. The lowest BCUT2D eigenvalue weighted by Crippen LogP contribution is -2.53. The number of fused-ring (bicyclic) bond motifs is 1. The van der Waals surface area contributed by atoms with E-state index in [-0.39, 0.29) is 18.2 Å². The van der Waals surface area contributed by atoms with Gasteiger partial charge < -0.3 is 15.7 Å². The highest BCUT2D eigenvalue weighted by molar-refractivity contribution is 6.31. The molecule has 0 aliphatic carbocycles. The molecule has 31 heavy (non-hydrogen) atoms. The summed E-state index contributed by atoms with van der Waals surface area (Å²) in [7, 11) is 0. The Morgan fingerprint density at radius 1 is 1.29 bits per heavy atom. The molecule has 0 bridgehead atoms. The van der Waals surface area contributed by atoms with Gasteiger partial charge in [0.2, 0.25) is 5.91 Å². The smallest absolute Gasteiger partial charge is 0.273 e. The highest BCUT2D eigenvalue weighted by atomic mass is 35.5. The molecule has 0 radical (unpaired) electrons. The average molecular weight is 448 g/mol. The van der Waals surface area contributed by atoms with Crippen molar-refractivity contribution in [3.63, 3.8) is 0 Å². The second-order valence-corrected chi connectivity index (χ2v) is 8.93. The predicted molar refractivity (Wildman–Crippen MR) is 120 cm³/mol. The van der Waals surface area contributed by atoms with Gasteiger partial charge in [0.15, 0.2) is 5.69 Å². The molecule has 0 spiro atoms. The van der Waals surface area contributed by atoms with Crippen molar-refractivity contribution in [3.05, 3.63) is 28.9 Å². The second kappa shape index (κ2) is 11.1. The van der Waals surface area contributed by atoms with Crippen molar-refractivity contribution >= 4 is 34.3 Å². The van der Waals surface area contributed by atoms with E-state index >= 15 is 0 Å². The molecule has 2 aromatic rings. The highest BCUT2D eigenvalue weighted by Crippen LogP contribution is 2.25. The van der Waals surface area contributed by atoms with Gasteiger partial charge in [-0.25, -0.2) is 0 Å². The molecule has 3 N–H and O–H groups in total. The van der Waals surface area contributed by atoms with Gasteiger partial charge in [-0.15, -0.1) is 0 Å². The number of carbonyl (C=O) groups is 2. The maximum Gasteiger partial charge on any atom is 0.273 e. The first-order valence-electron chi connectivity index (χ1n) is 10.4. The molecule has 0 aliphatic rings. The van der Waals surface area contributed by atoms with E-state index in [2.05, 4.69) is 21.8 Å². The molecule has 1 unspecified atom stereocenters. The number of halogens is 1. The van der Waals surface area contributed by atoms with Gasteiger partial charge in [0.1, 0.15) is 6.04 Å². The molecule has 1 aromatic carbocycles. The first-order chi connectivity index (χ1) is 14.7. The molecule has 0 saturated carbocycles. The summed E-state index contributed by atoms with van der Waals surface area (Å²) in [5, 5.41) is 28.8. The molecule has 168 valence electrons. The molecule has 1 heterocycles. The van der Waals surface area contributed by atoms with E-state index in [0.717, 1.165) is 18.4 Å². The Morgan fingerprint density at radius 2 is 2.03 bits per heavy atom. The number of aliphatic hydroxyl groups is 1. The number of rotatable bonds is 10. The van der Waals surface area contributed by atoms with Crippen LogP contribution in [0.5, 0.6) is 0 Å². The zero-order chi connectivity index (χ0) is 23.0. The summed E-state index contributed by atoms with van der Waals surface area (Å²) in [4.78, 5) is 25.8. The molecule has 0 aliphatic heterocycles. The van der Waals surface area contributed by atoms with Crippen LogP contribution >= 0.6 is 11.6 Å². The first-order valence-corrected chi connectivity index (χ1v) is 10.8. The van der Waals surface area contributed by atoms with Gasteiger partial charge in [-0.05, 0) is 42.9 Å². The van der Waals surface area contributed by atoms with Crippen LogP contribution in [0.25, 0.3) is 10.9 Å². The Labute approximate surface area is 187 Å². The lowest BCUT2D eigenvalue weighted by atomic mass is 9.86. The number of nitrogens with zero attached hydrogens (tertiary/aromatic N) is 3. The number of amides is 2. The molecule has 0 fully saturated rings. The number of hydrogen-bond donors (Lipinski definition) is 3. The van der Waals surface area contributed by atoms with Gasteiger partial charge in [-0.1, -0.05) is 32.4 Å². The van der Waals surface area contributed by atoms with Gasteiger partial charge in [-0.2, -0.15) is 10.4 Å². The number of benzene rings is 1. The maximum absolute atomic E-state index is 13.2. The van der Waals surface area contributed by atoms with Crippen LogP contribution < -0.4 is 10.6 Å². The fourth-order valence-electron chi connectivity index (χ4n) is 3.22. The van der Waals surface area contributed by atoms with Crippen LogP contribution in [-0.2, 0) is 11.3 Å². The number of hydrogen-bond acceptors (Lipinski definition) is 5. The summed E-state index contributed by atoms with van der Waals surface area (Å²) in [5.74, 6) is -0.771. The molecular formula is C22H30ClN5O3. The quantitative estimate of drug-likeness (QED) is 0.483. The minimum Gasteiger partial charge on any atom is -0.396 e. The van der Waals surface area contributed by atoms with E-state index in [0.29, 0.717) is 36.3 Å². The lowest BCUT2D eigenvalue weighted by Gasteiger charge is -2.30. The predicted octanol–water partition coefficient (Wildman–Crippen LogP) is 3.03. The van der Waals surface area contributed by atoms with Crippen molar-refractivity contribution in [2.75, 3.05) is 13.2 Å². The standard InChI is InChI=1S/C22H30ClN5O3/c1-22(2,3)19(21(31)25-11-7-13-29)26-20(30)18-16-14-15(23)8-9-17(16)28(27-18)12-6-4-5-10-24/h8-9,14,19,29H,4-7,11-13H2,1-3H3,(H,25,31)(H,26,30). The van der Waals surface area contributed by atoms with Gasteiger partial charge in [-0.3, -0.25) is 14.3 Å². The summed E-state index contributed by atoms with van der Waals surface area (Å²) in [6.45, 7) is 6.47. The SMILES string of the molecule is CC(C)(C)C(NC(=O)c1nn(CCCCC#N)c2ccc(Cl)cc12)C(=O)NCCCO. The van der Waals surface area contributed by atoms with Crippen molar-refractivity contribution in [2.45, 2.75) is 59.0 Å². The fraction of sp³-hybridized carbons (Fsp3) is 0.545. The number of carbonyl (C=O) groups excluding carboxylic acids is 2. The number of nitriles is 1. The van der Waals surface area contributed by atoms with Crippen LogP contribution in [0.1, 0.15) is 56.9 Å². The number of nitrogens with one attached hydrogen (secondary N) is 2. The highest BCUT2D eigenvalue weighted by Gasteiger charge is 2.33. The van der Waals surface area contributed by atoms with Crippen molar-refractivity contribution in [3.8, 4) is 6.07 Å². The first kappa shape index (κ1) is 24.6. The Balaban J connectivity index is 2.29. The van der Waals surface area contributed by atoms with Crippen LogP contribution in [-0.4, -0.2) is 45.9 Å². The zero-order valence-electron chi connectivity index (χ0n) is 18.2. The minimum atomic E-state index is -0.784. The van der Waals surface area contributed by atoms with Crippen molar-refractivity contribution in [1.82, 2.24) is 20.4 Å². The third-order valence-corrected chi connectivity index (χ3v) is 5.11. The molecule has 2 amide bonds. The van der Waals surface area contributed by atoms with Gasteiger partial charge in [0.05, 0.1) is 11.6 Å².